The Hall–Kier alpha value is -1.26. The van der Waals surface area contributed by atoms with E-state index in [1.54, 1.807) is 0 Å². The number of amides is 2. The third kappa shape index (κ3) is 2.76. The first-order valence-corrected chi connectivity index (χ1v) is 6.77. The molecule has 0 spiro atoms. The van der Waals surface area contributed by atoms with Crippen molar-refractivity contribution in [2.24, 2.45) is 0 Å². The van der Waals surface area contributed by atoms with Crippen LogP contribution in [0.15, 0.2) is 0 Å². The van der Waals surface area contributed by atoms with Crippen LogP contribution in [0.25, 0.3) is 0 Å². The van der Waals surface area contributed by atoms with Gasteiger partial charge in [0.05, 0.1) is 0 Å². The average molecular weight is 256 g/mol. The number of carbonyl (C=O) groups excluding carboxylic acids is 1. The third-order valence-electron chi connectivity index (χ3n) is 4.38. The Balaban J connectivity index is 2.63. The molecule has 0 aliphatic heterocycles. The number of urea groups is 1. The van der Waals surface area contributed by atoms with Crippen molar-refractivity contribution in [1.29, 1.82) is 0 Å². The van der Waals surface area contributed by atoms with Crippen LogP contribution in [0.3, 0.4) is 0 Å². The van der Waals surface area contributed by atoms with Crippen LogP contribution in [0, 0.1) is 0 Å². The van der Waals surface area contributed by atoms with E-state index in [-0.39, 0.29) is 11.6 Å². The molecule has 1 rings (SSSR count). The molecule has 1 saturated carbocycles. The van der Waals surface area contributed by atoms with Crippen molar-refractivity contribution in [1.82, 2.24) is 10.6 Å². The summed E-state index contributed by atoms with van der Waals surface area (Å²) in [6, 6.07) is -0.359. The van der Waals surface area contributed by atoms with Crippen molar-refractivity contribution in [3.63, 3.8) is 0 Å². The van der Waals surface area contributed by atoms with Crippen LogP contribution in [-0.2, 0) is 4.79 Å². The lowest BCUT2D eigenvalue weighted by Crippen LogP contribution is -2.63. The lowest BCUT2D eigenvalue weighted by molar-refractivity contribution is -0.148. The van der Waals surface area contributed by atoms with Crippen molar-refractivity contribution < 1.29 is 14.7 Å². The Morgan fingerprint density at radius 3 is 1.94 bits per heavy atom. The summed E-state index contributed by atoms with van der Waals surface area (Å²) in [4.78, 5) is 23.1. The Kier molecular flexibility index (Phi) is 4.59. The zero-order chi connectivity index (χ0) is 13.8. The predicted molar refractivity (Wildman–Crippen MR) is 69.5 cm³/mol. The molecule has 0 bridgehead atoms. The number of carbonyl (C=O) groups is 2. The molecule has 3 N–H and O–H groups in total. The van der Waals surface area contributed by atoms with Gasteiger partial charge in [-0.25, -0.2) is 9.59 Å². The molecule has 0 aromatic heterocycles. The van der Waals surface area contributed by atoms with Gasteiger partial charge >= 0.3 is 12.0 Å². The second-order valence-electron chi connectivity index (χ2n) is 5.16. The molecule has 5 heteroatoms. The summed E-state index contributed by atoms with van der Waals surface area (Å²) in [6.07, 6.45) is 4.42. The topological polar surface area (TPSA) is 78.4 Å². The minimum absolute atomic E-state index is 0.229. The van der Waals surface area contributed by atoms with Gasteiger partial charge in [-0.15, -0.1) is 0 Å². The summed E-state index contributed by atoms with van der Waals surface area (Å²) in [5.41, 5.74) is -1.27. The van der Waals surface area contributed by atoms with Crippen molar-refractivity contribution >= 4 is 12.0 Å². The Morgan fingerprint density at radius 1 is 1.17 bits per heavy atom. The molecular formula is C13H24N2O3. The smallest absolute Gasteiger partial charge is 0.329 e. The molecule has 0 aromatic rings. The minimum atomic E-state index is -1.04. The monoisotopic (exact) mass is 256 g/mol. The van der Waals surface area contributed by atoms with Gasteiger partial charge in [0.25, 0.3) is 0 Å². The van der Waals surface area contributed by atoms with Gasteiger partial charge in [-0.05, 0) is 38.5 Å². The van der Waals surface area contributed by atoms with E-state index in [9.17, 15) is 9.59 Å². The molecule has 1 fully saturated rings. The Labute approximate surface area is 108 Å². The summed E-state index contributed by atoms with van der Waals surface area (Å²) >= 11 is 0. The van der Waals surface area contributed by atoms with E-state index in [0.29, 0.717) is 12.8 Å². The highest BCUT2D eigenvalue weighted by molar-refractivity contribution is 5.87. The highest BCUT2D eigenvalue weighted by Crippen LogP contribution is 2.32. The van der Waals surface area contributed by atoms with E-state index in [1.807, 2.05) is 20.8 Å². The first-order valence-electron chi connectivity index (χ1n) is 6.77. The number of hydrogen-bond donors (Lipinski definition) is 3. The van der Waals surface area contributed by atoms with Crippen LogP contribution in [-0.4, -0.2) is 28.2 Å². The second-order valence-corrected chi connectivity index (χ2v) is 5.16. The number of aliphatic carboxylic acids is 1. The van der Waals surface area contributed by atoms with Gasteiger partial charge in [0.1, 0.15) is 5.54 Å². The molecule has 0 unspecified atom stereocenters. The van der Waals surface area contributed by atoms with Gasteiger partial charge in [0, 0.05) is 5.54 Å². The van der Waals surface area contributed by atoms with E-state index in [2.05, 4.69) is 10.6 Å². The second kappa shape index (κ2) is 5.59. The summed E-state index contributed by atoms with van der Waals surface area (Å²) in [6.45, 7) is 6.09. The number of carboxylic acids is 1. The Bertz CT molecular complexity index is 312. The summed E-state index contributed by atoms with van der Waals surface area (Å²) in [5, 5.41) is 14.7. The molecule has 0 atom stereocenters. The van der Waals surface area contributed by atoms with Gasteiger partial charge < -0.3 is 15.7 Å². The Morgan fingerprint density at radius 2 is 1.67 bits per heavy atom. The fourth-order valence-corrected chi connectivity index (χ4v) is 2.43. The molecule has 104 valence electrons. The predicted octanol–water partition coefficient (Wildman–Crippen LogP) is 2.26. The highest BCUT2D eigenvalue weighted by Gasteiger charge is 2.46. The van der Waals surface area contributed by atoms with Crippen LogP contribution in [0.1, 0.15) is 59.3 Å². The maximum Gasteiger partial charge on any atom is 0.329 e. The van der Waals surface area contributed by atoms with Crippen LogP contribution in [0.4, 0.5) is 4.79 Å². The normalized spacial score (nSPS) is 17.7. The molecular weight excluding hydrogens is 232 g/mol. The molecule has 2 amide bonds. The molecule has 0 heterocycles. The molecule has 18 heavy (non-hydrogen) atoms. The highest BCUT2D eigenvalue weighted by atomic mass is 16.4. The zero-order valence-electron chi connectivity index (χ0n) is 11.5. The van der Waals surface area contributed by atoms with Gasteiger partial charge in [-0.1, -0.05) is 20.8 Å². The van der Waals surface area contributed by atoms with E-state index < -0.39 is 11.5 Å². The van der Waals surface area contributed by atoms with Gasteiger partial charge in [0.2, 0.25) is 0 Å². The van der Waals surface area contributed by atoms with Gasteiger partial charge in [-0.2, -0.15) is 0 Å². The molecule has 0 saturated heterocycles. The molecule has 0 aromatic carbocycles. The molecule has 1 aliphatic carbocycles. The molecule has 1 aliphatic rings. The van der Waals surface area contributed by atoms with Crippen LogP contribution < -0.4 is 10.6 Å². The first-order chi connectivity index (χ1) is 8.43. The largest absolute Gasteiger partial charge is 0.480 e. The SMILES string of the molecule is CCC(CC)(CC)NC(=O)NC1(C(=O)O)CCC1. The quantitative estimate of drug-likeness (QED) is 0.682. The van der Waals surface area contributed by atoms with Crippen molar-refractivity contribution in [3.8, 4) is 0 Å². The molecule has 0 radical (unpaired) electrons. The third-order valence-corrected chi connectivity index (χ3v) is 4.38. The maximum atomic E-state index is 12.0. The lowest BCUT2D eigenvalue weighted by Gasteiger charge is -2.40. The maximum absolute atomic E-state index is 12.0. The molecule has 5 nitrogen and oxygen atoms in total. The van der Waals surface area contributed by atoms with Crippen LogP contribution in [0.5, 0.6) is 0 Å². The van der Waals surface area contributed by atoms with E-state index >= 15 is 0 Å². The first kappa shape index (κ1) is 14.8. The van der Waals surface area contributed by atoms with E-state index in [0.717, 1.165) is 25.7 Å². The van der Waals surface area contributed by atoms with E-state index in [1.165, 1.54) is 0 Å². The minimum Gasteiger partial charge on any atom is -0.480 e. The number of hydrogen-bond acceptors (Lipinski definition) is 2. The van der Waals surface area contributed by atoms with Crippen LogP contribution in [0.2, 0.25) is 0 Å². The van der Waals surface area contributed by atoms with Gasteiger partial charge in [-0.3, -0.25) is 0 Å². The van der Waals surface area contributed by atoms with Crippen LogP contribution >= 0.6 is 0 Å². The van der Waals surface area contributed by atoms with Crippen molar-refractivity contribution in [3.05, 3.63) is 0 Å². The summed E-state index contributed by atoms with van der Waals surface area (Å²) in [5.74, 6) is -0.931. The van der Waals surface area contributed by atoms with Gasteiger partial charge in [0.15, 0.2) is 0 Å². The number of rotatable bonds is 6. The van der Waals surface area contributed by atoms with E-state index in [4.69, 9.17) is 5.11 Å². The number of carboxylic acid groups (broad SMARTS) is 1. The number of nitrogens with one attached hydrogen (secondary N) is 2. The fraction of sp³-hybridized carbons (Fsp3) is 0.846. The van der Waals surface area contributed by atoms with Crippen molar-refractivity contribution in [2.45, 2.75) is 70.4 Å². The zero-order valence-corrected chi connectivity index (χ0v) is 11.5. The van der Waals surface area contributed by atoms with Crippen molar-refractivity contribution in [2.75, 3.05) is 0 Å². The standard InChI is InChI=1S/C13H24N2O3/c1-4-12(5-2,6-3)14-11(18)15-13(10(16)17)8-7-9-13/h4-9H2,1-3H3,(H,16,17)(H2,14,15,18). The fourth-order valence-electron chi connectivity index (χ4n) is 2.43. The summed E-state index contributed by atoms with van der Waals surface area (Å²) in [7, 11) is 0. The average Bonchev–Trinajstić information content (AvgIpc) is 2.30. The lowest BCUT2D eigenvalue weighted by atomic mass is 9.77. The summed E-state index contributed by atoms with van der Waals surface area (Å²) < 4.78 is 0.